The summed E-state index contributed by atoms with van der Waals surface area (Å²) in [5, 5.41) is 9.34. The minimum Gasteiger partial charge on any atom is -0.356 e. The molecule has 0 aliphatic carbocycles. The summed E-state index contributed by atoms with van der Waals surface area (Å²) in [4.78, 5) is 8.50. The number of nitrogens with one attached hydrogen (secondary N) is 2. The van der Waals surface area contributed by atoms with Gasteiger partial charge in [0, 0.05) is 45.0 Å². The van der Waals surface area contributed by atoms with E-state index in [2.05, 4.69) is 20.6 Å². The summed E-state index contributed by atoms with van der Waals surface area (Å²) in [5.74, 6) is 0.691. The van der Waals surface area contributed by atoms with Crippen LogP contribution in [0, 0.1) is 12.8 Å². The van der Waals surface area contributed by atoms with Crippen molar-refractivity contribution in [2.75, 3.05) is 33.2 Å². The van der Waals surface area contributed by atoms with Crippen LogP contribution in [0.5, 0.6) is 0 Å². The predicted molar refractivity (Wildman–Crippen MR) is 115 cm³/mol. The van der Waals surface area contributed by atoms with E-state index in [0.29, 0.717) is 36.2 Å². The molecule has 1 aliphatic heterocycles. The molecule has 0 spiro atoms. The van der Waals surface area contributed by atoms with Crippen LogP contribution >= 0.6 is 35.3 Å². The van der Waals surface area contributed by atoms with Crippen molar-refractivity contribution in [3.05, 3.63) is 16.1 Å². The Morgan fingerprint density at radius 2 is 2.00 bits per heavy atom. The second-order valence-corrected chi connectivity index (χ2v) is 9.27. The van der Waals surface area contributed by atoms with E-state index in [1.165, 1.54) is 0 Å². The van der Waals surface area contributed by atoms with Gasteiger partial charge in [-0.15, -0.1) is 35.3 Å². The lowest BCUT2D eigenvalue weighted by Gasteiger charge is -2.31. The highest BCUT2D eigenvalue weighted by Crippen LogP contribution is 2.30. The van der Waals surface area contributed by atoms with Crippen molar-refractivity contribution in [1.82, 2.24) is 19.9 Å². The number of alkyl halides is 3. The highest BCUT2D eigenvalue weighted by atomic mass is 127. The summed E-state index contributed by atoms with van der Waals surface area (Å²) in [6.45, 7) is 2.89. The number of aromatic nitrogens is 1. The third-order valence-corrected chi connectivity index (χ3v) is 6.78. The van der Waals surface area contributed by atoms with Gasteiger partial charge in [0.1, 0.15) is 0 Å². The number of guanidine groups is 1. The van der Waals surface area contributed by atoms with Gasteiger partial charge in [-0.25, -0.2) is 13.4 Å². The van der Waals surface area contributed by atoms with Gasteiger partial charge in [0.05, 0.1) is 10.7 Å². The monoisotopic (exact) mass is 555 g/mol. The van der Waals surface area contributed by atoms with Crippen LogP contribution in [-0.2, 0) is 16.4 Å². The smallest absolute Gasteiger partial charge is 0.356 e. The number of sulfonamides is 1. The number of nitrogens with zero attached hydrogens (tertiary/aromatic N) is 3. The van der Waals surface area contributed by atoms with Crippen molar-refractivity contribution in [3.8, 4) is 0 Å². The van der Waals surface area contributed by atoms with E-state index in [1.807, 2.05) is 12.3 Å². The zero-order chi connectivity index (χ0) is 20.1. The molecular weight excluding hydrogens is 530 g/mol. The van der Waals surface area contributed by atoms with Gasteiger partial charge in [0.2, 0.25) is 0 Å². The Hall–Kier alpha value is -0.670. The van der Waals surface area contributed by atoms with Crippen molar-refractivity contribution < 1.29 is 21.6 Å². The number of hydrogen-bond acceptors (Lipinski definition) is 5. The summed E-state index contributed by atoms with van der Waals surface area (Å²) in [6.07, 6.45) is 1.51. The number of thiazole rings is 1. The second-order valence-electron chi connectivity index (χ2n) is 6.28. The number of rotatable bonds is 6. The number of halogens is 4. The van der Waals surface area contributed by atoms with Crippen molar-refractivity contribution in [2.24, 2.45) is 10.9 Å². The third-order valence-electron chi connectivity index (χ3n) is 4.33. The van der Waals surface area contributed by atoms with Gasteiger partial charge in [-0.3, -0.25) is 4.99 Å². The molecule has 0 amide bonds. The molecule has 0 unspecified atom stereocenters. The molecule has 162 valence electrons. The minimum atomic E-state index is -5.24. The first-order valence-electron chi connectivity index (χ1n) is 8.55. The van der Waals surface area contributed by atoms with Crippen LogP contribution in [0.2, 0.25) is 0 Å². The highest BCUT2D eigenvalue weighted by Gasteiger charge is 2.50. The van der Waals surface area contributed by atoms with Crippen molar-refractivity contribution in [3.63, 3.8) is 0 Å². The van der Waals surface area contributed by atoms with Crippen LogP contribution in [0.1, 0.15) is 23.5 Å². The number of aryl methyl sites for hydroxylation is 1. The molecule has 0 aromatic carbocycles. The Morgan fingerprint density at radius 3 is 2.50 bits per heavy atom. The molecular formula is C15H25F3IN5O2S2. The predicted octanol–water partition coefficient (Wildman–Crippen LogP) is 2.34. The van der Waals surface area contributed by atoms with Crippen molar-refractivity contribution in [1.29, 1.82) is 0 Å². The minimum absolute atomic E-state index is 0. The molecule has 2 N–H and O–H groups in total. The standard InChI is InChI=1S/C15H24F3N5O2S2.HI/c1-11-22-13(10-26-11)3-6-20-14(19-2)21-9-12-4-7-23(8-5-12)27(24,25)15(16,17)18;/h10,12H,3-9H2,1-2H3,(H2,19,20,21);1H. The average Bonchev–Trinajstić information content (AvgIpc) is 3.02. The van der Waals surface area contributed by atoms with Crippen LogP contribution < -0.4 is 10.6 Å². The SMILES string of the molecule is CN=C(NCCc1csc(C)n1)NCC1CCN(S(=O)(=O)C(F)(F)F)CC1.I. The molecule has 28 heavy (non-hydrogen) atoms. The van der Waals surface area contributed by atoms with E-state index < -0.39 is 15.5 Å². The van der Waals surface area contributed by atoms with E-state index in [0.717, 1.165) is 17.1 Å². The van der Waals surface area contributed by atoms with Crippen molar-refractivity contribution >= 4 is 51.3 Å². The Morgan fingerprint density at radius 1 is 1.36 bits per heavy atom. The van der Waals surface area contributed by atoms with Crippen molar-refractivity contribution in [2.45, 2.75) is 31.7 Å². The first-order valence-corrected chi connectivity index (χ1v) is 10.9. The summed E-state index contributed by atoms with van der Waals surface area (Å²) < 4.78 is 61.1. The van der Waals surface area contributed by atoms with Crippen LogP contribution in [0.25, 0.3) is 0 Å². The number of piperidine rings is 1. The zero-order valence-corrected chi connectivity index (χ0v) is 19.6. The van der Waals surface area contributed by atoms with Crippen LogP contribution in [0.3, 0.4) is 0 Å². The van der Waals surface area contributed by atoms with Crippen LogP contribution in [-0.4, -0.2) is 62.4 Å². The lowest BCUT2D eigenvalue weighted by molar-refractivity contribution is -0.0496. The van der Waals surface area contributed by atoms with Gasteiger partial charge in [0.25, 0.3) is 0 Å². The molecule has 0 saturated carbocycles. The summed E-state index contributed by atoms with van der Waals surface area (Å²) in [7, 11) is -3.58. The Labute approximate surface area is 184 Å². The fourth-order valence-electron chi connectivity index (χ4n) is 2.79. The van der Waals surface area contributed by atoms with Gasteiger partial charge >= 0.3 is 15.5 Å². The quantitative estimate of drug-likeness (QED) is 0.320. The maximum Gasteiger partial charge on any atom is 0.511 e. The summed E-state index contributed by atoms with van der Waals surface area (Å²) in [5.41, 5.74) is -4.22. The molecule has 1 aromatic rings. The van der Waals surface area contributed by atoms with Crippen LogP contribution in [0.4, 0.5) is 13.2 Å². The molecule has 2 heterocycles. The summed E-state index contributed by atoms with van der Waals surface area (Å²) in [6, 6.07) is 0. The molecule has 1 fully saturated rings. The molecule has 7 nitrogen and oxygen atoms in total. The maximum atomic E-state index is 12.6. The first kappa shape index (κ1) is 25.4. The number of aliphatic imine (C=N–C) groups is 1. The Balaban J connectivity index is 0.00000392. The normalized spacial score (nSPS) is 17.2. The third kappa shape index (κ3) is 6.99. The Kier molecular flexibility index (Phi) is 9.89. The molecule has 0 radical (unpaired) electrons. The highest BCUT2D eigenvalue weighted by molar-refractivity contribution is 14.0. The fraction of sp³-hybridized carbons (Fsp3) is 0.733. The van der Waals surface area contributed by atoms with Gasteiger partial charge < -0.3 is 10.6 Å². The summed E-state index contributed by atoms with van der Waals surface area (Å²) >= 11 is 1.60. The van der Waals surface area contributed by atoms with Gasteiger partial charge in [-0.05, 0) is 25.7 Å². The lowest BCUT2D eigenvalue weighted by atomic mass is 9.98. The van der Waals surface area contributed by atoms with Crippen LogP contribution in [0.15, 0.2) is 10.4 Å². The van der Waals surface area contributed by atoms with Gasteiger partial charge in [0.15, 0.2) is 5.96 Å². The van der Waals surface area contributed by atoms with Gasteiger partial charge in [-0.1, -0.05) is 0 Å². The molecule has 13 heteroatoms. The van der Waals surface area contributed by atoms with E-state index >= 15 is 0 Å². The maximum absolute atomic E-state index is 12.6. The Bertz CT molecular complexity index is 747. The molecule has 2 rings (SSSR count). The average molecular weight is 555 g/mol. The van der Waals surface area contributed by atoms with Gasteiger partial charge in [-0.2, -0.15) is 17.5 Å². The fourth-order valence-corrected chi connectivity index (χ4v) is 4.43. The van der Waals surface area contributed by atoms with E-state index in [9.17, 15) is 21.6 Å². The first-order chi connectivity index (χ1) is 12.6. The number of hydrogen-bond donors (Lipinski definition) is 2. The second kappa shape index (κ2) is 10.9. The van der Waals surface area contributed by atoms with E-state index in [1.54, 1.807) is 18.4 Å². The molecule has 0 atom stereocenters. The molecule has 1 aromatic heterocycles. The largest absolute Gasteiger partial charge is 0.511 e. The molecule has 1 aliphatic rings. The molecule has 1 saturated heterocycles. The van der Waals surface area contributed by atoms with E-state index in [-0.39, 0.29) is 43.0 Å². The molecule has 0 bridgehead atoms. The zero-order valence-electron chi connectivity index (χ0n) is 15.6. The topological polar surface area (TPSA) is 86.7 Å². The lowest BCUT2D eigenvalue weighted by Crippen LogP contribution is -2.47. The van der Waals surface area contributed by atoms with E-state index in [4.69, 9.17) is 0 Å².